The van der Waals surface area contributed by atoms with Crippen molar-refractivity contribution in [3.05, 3.63) is 45.4 Å². The molecular formula is C12H6NO3S-. The molecule has 1 aromatic carbocycles. The Balaban J connectivity index is 2.62. The molecule has 0 unspecified atom stereocenters. The second-order valence-electron chi connectivity index (χ2n) is 3.64. The fourth-order valence-corrected chi connectivity index (χ4v) is 2.80. The number of aromatic carboxylic acids is 1. The van der Waals surface area contributed by atoms with Crippen LogP contribution in [0.1, 0.15) is 10.4 Å². The van der Waals surface area contributed by atoms with Gasteiger partial charge in [-0.25, -0.2) is 0 Å². The standard InChI is InChI=1S/C12H7NO3S/c14-9-5-7(12(15)16)10-6-3-1-2-4-8(6)13-11(10)17-9/h1-5,13H,(H,15,16)/p-1. The summed E-state index contributed by atoms with van der Waals surface area (Å²) in [6.45, 7) is 0. The number of carbonyl (C=O) groups excluding carboxylic acids is 1. The van der Waals surface area contributed by atoms with Crippen molar-refractivity contribution in [1.29, 1.82) is 0 Å². The summed E-state index contributed by atoms with van der Waals surface area (Å²) in [5.74, 6) is -1.33. The maximum Gasteiger partial charge on any atom is 0.234 e. The van der Waals surface area contributed by atoms with Gasteiger partial charge < -0.3 is 14.9 Å². The maximum absolute atomic E-state index is 11.4. The molecule has 3 rings (SSSR count). The molecule has 0 saturated heterocycles. The number of rotatable bonds is 1. The van der Waals surface area contributed by atoms with Gasteiger partial charge in [0.05, 0.1) is 5.97 Å². The Kier molecular flexibility index (Phi) is 2.02. The number of aromatic amines is 1. The van der Waals surface area contributed by atoms with Gasteiger partial charge in [-0.05, 0) is 6.07 Å². The summed E-state index contributed by atoms with van der Waals surface area (Å²) in [6, 6.07) is 8.44. The van der Waals surface area contributed by atoms with Crippen molar-refractivity contribution in [3.63, 3.8) is 0 Å². The van der Waals surface area contributed by atoms with Gasteiger partial charge in [0.2, 0.25) is 4.74 Å². The zero-order chi connectivity index (χ0) is 12.0. The highest BCUT2D eigenvalue weighted by Crippen LogP contribution is 2.28. The first-order valence-electron chi connectivity index (χ1n) is 4.93. The van der Waals surface area contributed by atoms with E-state index in [1.54, 1.807) is 0 Å². The number of hydrogen-bond acceptors (Lipinski definition) is 4. The fraction of sp³-hybridized carbons (Fsp3) is 0. The van der Waals surface area contributed by atoms with E-state index in [9.17, 15) is 14.7 Å². The molecule has 0 amide bonds. The molecule has 2 aromatic heterocycles. The normalized spacial score (nSPS) is 11.1. The molecule has 0 fully saturated rings. The van der Waals surface area contributed by atoms with Crippen molar-refractivity contribution in [2.75, 3.05) is 0 Å². The third kappa shape index (κ3) is 1.43. The number of carboxylic acids is 1. The summed E-state index contributed by atoms with van der Waals surface area (Å²) in [6.07, 6.45) is 0. The van der Waals surface area contributed by atoms with E-state index in [0.717, 1.165) is 28.3 Å². The lowest BCUT2D eigenvalue weighted by atomic mass is 10.1. The molecule has 0 radical (unpaired) electrons. The summed E-state index contributed by atoms with van der Waals surface area (Å²) in [7, 11) is 0. The first-order valence-corrected chi connectivity index (χ1v) is 5.74. The van der Waals surface area contributed by atoms with Gasteiger partial charge in [0, 0.05) is 27.9 Å². The lowest BCUT2D eigenvalue weighted by Crippen LogP contribution is -2.23. The number of fused-ring (bicyclic) bond motifs is 3. The van der Waals surface area contributed by atoms with Gasteiger partial charge in [-0.1, -0.05) is 29.5 Å². The second-order valence-corrected chi connectivity index (χ2v) is 4.66. The van der Waals surface area contributed by atoms with Gasteiger partial charge >= 0.3 is 0 Å². The largest absolute Gasteiger partial charge is 0.545 e. The first kappa shape index (κ1) is 10.0. The number of benzene rings is 1. The van der Waals surface area contributed by atoms with Gasteiger partial charge in [0.25, 0.3) is 0 Å². The van der Waals surface area contributed by atoms with Crippen molar-refractivity contribution in [2.45, 2.75) is 0 Å². The molecule has 0 atom stereocenters. The number of para-hydroxylation sites is 1. The van der Waals surface area contributed by atoms with E-state index >= 15 is 0 Å². The van der Waals surface area contributed by atoms with Gasteiger partial charge in [0.1, 0.15) is 4.83 Å². The molecular weight excluding hydrogens is 238 g/mol. The van der Waals surface area contributed by atoms with E-state index in [4.69, 9.17) is 0 Å². The maximum atomic E-state index is 11.4. The van der Waals surface area contributed by atoms with Crippen LogP contribution in [0.3, 0.4) is 0 Å². The molecule has 1 N–H and O–H groups in total. The molecule has 0 spiro atoms. The van der Waals surface area contributed by atoms with Crippen molar-refractivity contribution in [3.8, 4) is 0 Å². The molecule has 0 aliphatic carbocycles. The average molecular weight is 244 g/mol. The topological polar surface area (TPSA) is 73.0 Å². The van der Waals surface area contributed by atoms with Crippen LogP contribution in [0.15, 0.2) is 35.1 Å². The van der Waals surface area contributed by atoms with Gasteiger partial charge in [-0.2, -0.15) is 0 Å². The monoisotopic (exact) mass is 244 g/mol. The van der Waals surface area contributed by atoms with E-state index in [1.165, 1.54) is 0 Å². The minimum absolute atomic E-state index is 0.0544. The summed E-state index contributed by atoms with van der Waals surface area (Å²) < 4.78 is -0.303. The van der Waals surface area contributed by atoms with Gasteiger partial charge in [0.15, 0.2) is 0 Å². The van der Waals surface area contributed by atoms with Crippen LogP contribution in [0, 0.1) is 0 Å². The second kappa shape index (κ2) is 3.43. The molecule has 4 nitrogen and oxygen atoms in total. The van der Waals surface area contributed by atoms with E-state index in [0.29, 0.717) is 10.2 Å². The van der Waals surface area contributed by atoms with Crippen LogP contribution in [0.25, 0.3) is 21.1 Å². The minimum Gasteiger partial charge on any atom is -0.545 e. The molecule has 0 bridgehead atoms. The summed E-state index contributed by atoms with van der Waals surface area (Å²) in [4.78, 5) is 26.1. The summed E-state index contributed by atoms with van der Waals surface area (Å²) in [5, 5.41) is 12.4. The van der Waals surface area contributed by atoms with Gasteiger partial charge in [-0.15, -0.1) is 0 Å². The number of nitrogens with one attached hydrogen (secondary N) is 1. The fourth-order valence-electron chi connectivity index (χ4n) is 1.94. The highest BCUT2D eigenvalue weighted by molar-refractivity contribution is 7.16. The molecule has 5 heteroatoms. The van der Waals surface area contributed by atoms with Crippen molar-refractivity contribution in [2.24, 2.45) is 0 Å². The highest BCUT2D eigenvalue weighted by Gasteiger charge is 2.10. The number of carbonyl (C=O) groups is 1. The van der Waals surface area contributed by atoms with Crippen LogP contribution in [-0.2, 0) is 0 Å². The number of hydrogen-bond donors (Lipinski definition) is 1. The van der Waals surface area contributed by atoms with E-state index < -0.39 is 5.97 Å². The smallest absolute Gasteiger partial charge is 0.234 e. The molecule has 84 valence electrons. The third-order valence-corrected chi connectivity index (χ3v) is 3.46. The SMILES string of the molecule is O=C([O-])c1cc(=O)sc2[nH]c3ccccc3c12. The Morgan fingerprint density at radius 2 is 2.06 bits per heavy atom. The summed E-state index contributed by atoms with van der Waals surface area (Å²) in [5.41, 5.74) is 0.757. The first-order chi connectivity index (χ1) is 8.16. The molecule has 3 aromatic rings. The molecule has 17 heavy (non-hydrogen) atoms. The van der Waals surface area contributed by atoms with Crippen LogP contribution >= 0.6 is 11.3 Å². The van der Waals surface area contributed by atoms with Gasteiger partial charge in [-0.3, -0.25) is 4.79 Å². The quantitative estimate of drug-likeness (QED) is 0.696. The number of carboxylic acid groups (broad SMARTS) is 1. The zero-order valence-electron chi connectivity index (χ0n) is 8.52. The molecule has 0 aliphatic heterocycles. The highest BCUT2D eigenvalue weighted by atomic mass is 32.1. The average Bonchev–Trinajstić information content (AvgIpc) is 2.65. The van der Waals surface area contributed by atoms with E-state index in [1.807, 2.05) is 24.3 Å². The van der Waals surface area contributed by atoms with Crippen molar-refractivity contribution in [1.82, 2.24) is 4.98 Å². The Morgan fingerprint density at radius 3 is 2.82 bits per heavy atom. The van der Waals surface area contributed by atoms with Crippen LogP contribution in [0.5, 0.6) is 0 Å². The van der Waals surface area contributed by atoms with Crippen LogP contribution in [0.2, 0.25) is 0 Å². The Bertz CT molecular complexity index is 800. The number of aromatic nitrogens is 1. The Labute approximate surface area is 99.1 Å². The Morgan fingerprint density at radius 1 is 1.29 bits per heavy atom. The van der Waals surface area contributed by atoms with Crippen LogP contribution in [0.4, 0.5) is 0 Å². The van der Waals surface area contributed by atoms with Crippen molar-refractivity contribution >= 4 is 38.4 Å². The predicted molar refractivity (Wildman–Crippen MR) is 64.3 cm³/mol. The lowest BCUT2D eigenvalue weighted by Gasteiger charge is -2.02. The van der Waals surface area contributed by atoms with Crippen LogP contribution < -0.4 is 9.85 Å². The Hall–Kier alpha value is -2.14. The van der Waals surface area contributed by atoms with Crippen molar-refractivity contribution < 1.29 is 9.90 Å². The number of H-pyrrole nitrogens is 1. The predicted octanol–water partition coefficient (Wildman–Crippen LogP) is 1.11. The zero-order valence-corrected chi connectivity index (χ0v) is 9.34. The van der Waals surface area contributed by atoms with E-state index in [2.05, 4.69) is 4.98 Å². The minimum atomic E-state index is -1.33. The van der Waals surface area contributed by atoms with Crippen LogP contribution in [-0.4, -0.2) is 11.0 Å². The summed E-state index contributed by atoms with van der Waals surface area (Å²) >= 11 is 0.997. The third-order valence-electron chi connectivity index (χ3n) is 2.63. The molecule has 2 heterocycles. The van der Waals surface area contributed by atoms with E-state index in [-0.39, 0.29) is 10.3 Å². The molecule has 0 saturated carbocycles. The lowest BCUT2D eigenvalue weighted by molar-refractivity contribution is -0.254. The molecule has 0 aliphatic rings.